The molecule has 328 valence electrons. The summed E-state index contributed by atoms with van der Waals surface area (Å²) in [5, 5.41) is 9.84. The molecule has 3 N–H and O–H groups in total. The fraction of sp³-hybridized carbons (Fsp3) is 0.628. The fourth-order valence-electron chi connectivity index (χ4n) is 7.89. The second-order valence-corrected chi connectivity index (χ2v) is 22.1. The first kappa shape index (κ1) is 45.7. The predicted octanol–water partition coefficient (Wildman–Crippen LogP) is 7.45. The van der Waals surface area contributed by atoms with Gasteiger partial charge < -0.3 is 20.3 Å². The van der Waals surface area contributed by atoms with Crippen LogP contribution in [0, 0.1) is 22.7 Å². The van der Waals surface area contributed by atoms with Gasteiger partial charge in [0.25, 0.3) is 5.91 Å². The van der Waals surface area contributed by atoms with Crippen LogP contribution in [0.2, 0.25) is 5.02 Å². The molecule has 1 aromatic carbocycles. The maximum absolute atomic E-state index is 14.9. The lowest BCUT2D eigenvalue weighted by atomic mass is 9.75. The second-order valence-electron chi connectivity index (χ2n) is 19.5. The molecule has 1 saturated heterocycles. The van der Waals surface area contributed by atoms with Crippen LogP contribution >= 0.6 is 22.9 Å². The number of para-hydroxylation sites is 1. The molecule has 0 radical (unpaired) electrons. The van der Waals surface area contributed by atoms with Crippen molar-refractivity contribution in [2.24, 2.45) is 22.7 Å². The number of ether oxygens (including phenoxy) is 1. The zero-order valence-electron chi connectivity index (χ0n) is 36.2. The second kappa shape index (κ2) is 16.8. The molecule has 2 aliphatic carbocycles. The standard InChI is InChI=1S/C43H59ClN6O8S2/c1-11-25-20-43(25,38(54)49-60(55,56)58-42(10)15-16-42)48-36(52)33-18-27(22-50(33)37(53)29(41(7,8)9)17-26(51)21-40(4,5)6)57-34-19-31(32-23-59-39(47-32)45-24(2)3)46-35-28(34)13-12-14-30(35)44/h12-14,19,23-25,27,29,33H,11,15-18,20-22H2,1-10H3,(H,45,47)(H,48,52)(H,49,54)/t25-,27-,29-,33+,43-/m1/s1. The van der Waals surface area contributed by atoms with Gasteiger partial charge in [-0.2, -0.15) is 8.42 Å². The molecular formula is C43H59ClN6O8S2. The number of fused-ring (bicyclic) bond motifs is 1. The number of thiazole rings is 1. The van der Waals surface area contributed by atoms with Crippen LogP contribution in [0.15, 0.2) is 29.6 Å². The molecule has 3 aliphatic rings. The Balaban J connectivity index is 1.33. The topological polar surface area (TPSA) is 186 Å². The van der Waals surface area contributed by atoms with Crippen molar-refractivity contribution in [3.05, 3.63) is 34.7 Å². The van der Waals surface area contributed by atoms with Gasteiger partial charge in [0.05, 0.1) is 28.4 Å². The summed E-state index contributed by atoms with van der Waals surface area (Å²) >= 11 is 8.14. The number of carbonyl (C=O) groups is 4. The summed E-state index contributed by atoms with van der Waals surface area (Å²) in [5.41, 5.74) is -1.73. The van der Waals surface area contributed by atoms with Crippen LogP contribution in [0.25, 0.3) is 22.3 Å². The van der Waals surface area contributed by atoms with Gasteiger partial charge in [-0.15, -0.1) is 11.3 Å². The minimum atomic E-state index is -4.46. The third kappa shape index (κ3) is 10.6. The van der Waals surface area contributed by atoms with Crippen molar-refractivity contribution in [1.29, 1.82) is 0 Å². The van der Waals surface area contributed by atoms with Gasteiger partial charge in [0.2, 0.25) is 11.8 Å². The molecule has 5 atom stereocenters. The van der Waals surface area contributed by atoms with Crippen molar-refractivity contribution < 1.29 is 36.5 Å². The number of pyridine rings is 1. The fourth-order valence-corrected chi connectivity index (χ4v) is 10.1. The van der Waals surface area contributed by atoms with Gasteiger partial charge in [0.15, 0.2) is 5.13 Å². The number of Topliss-reactive ketones (excluding diaryl/α,β-unsaturated/α-hetero) is 1. The molecule has 2 saturated carbocycles. The number of nitrogens with one attached hydrogen (secondary N) is 3. The smallest absolute Gasteiger partial charge is 0.362 e. The van der Waals surface area contributed by atoms with E-state index in [1.165, 1.54) is 16.2 Å². The summed E-state index contributed by atoms with van der Waals surface area (Å²) < 4.78 is 39.8. The van der Waals surface area contributed by atoms with Crippen LogP contribution in [0.4, 0.5) is 5.13 Å². The van der Waals surface area contributed by atoms with Gasteiger partial charge in [0.1, 0.15) is 34.9 Å². The number of benzene rings is 1. The minimum absolute atomic E-state index is 0.00691. The van der Waals surface area contributed by atoms with Gasteiger partial charge in [-0.3, -0.25) is 19.2 Å². The Bertz CT molecular complexity index is 2260. The first-order valence-electron chi connectivity index (χ1n) is 20.7. The summed E-state index contributed by atoms with van der Waals surface area (Å²) in [5.74, 6) is -2.67. The monoisotopic (exact) mass is 886 g/mol. The van der Waals surface area contributed by atoms with Gasteiger partial charge in [-0.25, -0.2) is 18.9 Å². The number of rotatable bonds is 16. The molecule has 1 aliphatic heterocycles. The molecule has 60 heavy (non-hydrogen) atoms. The molecule has 0 unspecified atom stereocenters. The van der Waals surface area contributed by atoms with Crippen molar-refractivity contribution in [2.75, 3.05) is 11.9 Å². The van der Waals surface area contributed by atoms with Crippen LogP contribution in [0.3, 0.4) is 0 Å². The number of hydrogen-bond acceptors (Lipinski definition) is 12. The third-order valence-corrected chi connectivity index (χ3v) is 13.5. The number of hydrogen-bond donors (Lipinski definition) is 3. The number of halogens is 1. The maximum atomic E-state index is 14.9. The van der Waals surface area contributed by atoms with E-state index >= 15 is 0 Å². The summed E-state index contributed by atoms with van der Waals surface area (Å²) in [7, 11) is -4.46. The van der Waals surface area contributed by atoms with Crippen LogP contribution < -0.4 is 20.1 Å². The average molecular weight is 888 g/mol. The van der Waals surface area contributed by atoms with Crippen LogP contribution in [0.1, 0.15) is 114 Å². The zero-order chi connectivity index (χ0) is 44.2. The molecule has 3 aromatic rings. The molecule has 2 aromatic heterocycles. The molecule has 6 rings (SSSR count). The van der Waals surface area contributed by atoms with Crippen LogP contribution in [0.5, 0.6) is 5.75 Å². The van der Waals surface area contributed by atoms with E-state index in [1.54, 1.807) is 25.1 Å². The Morgan fingerprint density at radius 1 is 1.07 bits per heavy atom. The van der Waals surface area contributed by atoms with Crippen molar-refractivity contribution >= 4 is 72.8 Å². The molecule has 3 fully saturated rings. The summed E-state index contributed by atoms with van der Waals surface area (Å²) in [4.78, 5) is 67.7. The van der Waals surface area contributed by atoms with E-state index in [4.69, 9.17) is 30.5 Å². The van der Waals surface area contributed by atoms with E-state index in [0.717, 1.165) is 5.13 Å². The lowest BCUT2D eigenvalue weighted by Crippen LogP contribution is -2.57. The van der Waals surface area contributed by atoms with Crippen LogP contribution in [-0.2, 0) is 33.7 Å². The molecule has 3 heterocycles. The van der Waals surface area contributed by atoms with E-state index in [-0.39, 0.29) is 61.3 Å². The van der Waals surface area contributed by atoms with Gasteiger partial charge in [-0.05, 0) is 68.9 Å². The minimum Gasteiger partial charge on any atom is -0.488 e. The van der Waals surface area contributed by atoms with Crippen molar-refractivity contribution in [1.82, 2.24) is 24.9 Å². The van der Waals surface area contributed by atoms with Crippen molar-refractivity contribution in [3.8, 4) is 17.1 Å². The highest BCUT2D eigenvalue weighted by Crippen LogP contribution is 2.47. The molecule has 0 spiro atoms. The van der Waals surface area contributed by atoms with E-state index in [9.17, 15) is 27.6 Å². The molecule has 0 bridgehead atoms. The Labute approximate surface area is 362 Å². The van der Waals surface area contributed by atoms with Crippen LogP contribution in [-0.4, -0.2) is 82.7 Å². The highest BCUT2D eigenvalue weighted by atomic mass is 35.5. The summed E-state index contributed by atoms with van der Waals surface area (Å²) in [6, 6.07) is 6.18. The van der Waals surface area contributed by atoms with E-state index in [1.807, 2.05) is 78.5 Å². The van der Waals surface area contributed by atoms with E-state index in [0.29, 0.717) is 52.3 Å². The van der Waals surface area contributed by atoms with Gasteiger partial charge >= 0.3 is 10.3 Å². The van der Waals surface area contributed by atoms with Crippen molar-refractivity contribution in [2.45, 2.75) is 144 Å². The zero-order valence-corrected chi connectivity index (χ0v) is 38.6. The predicted molar refractivity (Wildman–Crippen MR) is 233 cm³/mol. The Hall–Kier alpha value is -3.86. The highest BCUT2D eigenvalue weighted by molar-refractivity contribution is 7.85. The molecular weight excluding hydrogens is 828 g/mol. The highest BCUT2D eigenvalue weighted by Gasteiger charge is 2.62. The largest absolute Gasteiger partial charge is 0.488 e. The lowest BCUT2D eigenvalue weighted by Gasteiger charge is -2.35. The number of ketones is 1. The molecule has 17 heteroatoms. The maximum Gasteiger partial charge on any atom is 0.362 e. The first-order chi connectivity index (χ1) is 27.8. The van der Waals surface area contributed by atoms with E-state index < -0.39 is 56.7 Å². The number of likely N-dealkylation sites (tertiary alicyclic amines) is 1. The lowest BCUT2D eigenvalue weighted by molar-refractivity contribution is -0.147. The Kier molecular flexibility index (Phi) is 12.8. The molecule has 3 amide bonds. The number of nitrogens with zero attached hydrogens (tertiary/aromatic N) is 3. The van der Waals surface area contributed by atoms with Crippen molar-refractivity contribution in [3.63, 3.8) is 0 Å². The summed E-state index contributed by atoms with van der Waals surface area (Å²) in [6.07, 6.45) is 1.35. The Morgan fingerprint density at radius 2 is 1.77 bits per heavy atom. The number of aromatic nitrogens is 2. The third-order valence-electron chi connectivity index (χ3n) is 11.4. The SMILES string of the molecule is CC[C@@H]1C[C@]1(NC(=O)[C@@H]1C[C@@H](Oc2cc(-c3csc(NC(C)C)n3)nc3c(Cl)cccc23)CN1C(=O)[C@@H](CC(=O)CC(C)(C)C)C(C)(C)C)C(=O)NS(=O)(=O)OC1(C)CC1. The Morgan fingerprint density at radius 3 is 2.37 bits per heavy atom. The van der Waals surface area contributed by atoms with Gasteiger partial charge in [-0.1, -0.05) is 72.6 Å². The number of anilines is 1. The normalized spacial score (nSPS) is 23.0. The average Bonchev–Trinajstić information content (AvgIpc) is 3.88. The first-order valence-corrected chi connectivity index (χ1v) is 23.4. The van der Waals surface area contributed by atoms with Gasteiger partial charge in [0, 0.05) is 48.1 Å². The van der Waals surface area contributed by atoms with E-state index in [2.05, 4.69) is 10.6 Å². The molecule has 14 nitrogen and oxygen atoms in total. The quantitative estimate of drug-likeness (QED) is 0.130. The summed E-state index contributed by atoms with van der Waals surface area (Å²) in [6.45, 7) is 19.1. The number of amides is 3. The number of carbonyl (C=O) groups excluding carboxylic acids is 4.